The van der Waals surface area contributed by atoms with Gasteiger partial charge in [0.2, 0.25) is 0 Å². The smallest absolute Gasteiger partial charge is 0.307 e. The van der Waals surface area contributed by atoms with Gasteiger partial charge in [-0.3, -0.25) is 4.79 Å². The molecule has 1 aromatic rings. The highest BCUT2D eigenvalue weighted by atomic mass is 35.5. The van der Waals surface area contributed by atoms with Gasteiger partial charge in [0.1, 0.15) is 5.75 Å². The van der Waals surface area contributed by atoms with E-state index in [9.17, 15) is 4.79 Å². The second kappa shape index (κ2) is 4.08. The molecule has 1 aromatic carbocycles. The van der Waals surface area contributed by atoms with Gasteiger partial charge >= 0.3 is 5.97 Å². The third kappa shape index (κ3) is 2.22. The van der Waals surface area contributed by atoms with E-state index in [2.05, 4.69) is 0 Å². The van der Waals surface area contributed by atoms with Gasteiger partial charge < -0.3 is 14.6 Å². The quantitative estimate of drug-likeness (QED) is 0.839. The number of aliphatic carboxylic acids is 1. The lowest BCUT2D eigenvalue weighted by molar-refractivity contribution is -0.136. The van der Waals surface area contributed by atoms with Gasteiger partial charge in [0.05, 0.1) is 13.0 Å². The lowest BCUT2D eigenvalue weighted by Gasteiger charge is -2.18. The molecule has 0 radical (unpaired) electrons. The van der Waals surface area contributed by atoms with Gasteiger partial charge in [-0.25, -0.2) is 0 Å². The van der Waals surface area contributed by atoms with E-state index < -0.39 is 5.97 Å². The second-order valence-corrected chi connectivity index (χ2v) is 3.64. The van der Waals surface area contributed by atoms with E-state index in [1.54, 1.807) is 12.1 Å². The summed E-state index contributed by atoms with van der Waals surface area (Å²) in [6, 6.07) is 3.35. The van der Waals surface area contributed by atoms with Crippen molar-refractivity contribution in [1.29, 1.82) is 0 Å². The highest BCUT2D eigenvalue weighted by Gasteiger charge is 2.15. The van der Waals surface area contributed by atoms with Crippen molar-refractivity contribution in [2.75, 3.05) is 6.79 Å². The number of benzene rings is 1. The van der Waals surface area contributed by atoms with E-state index in [4.69, 9.17) is 26.2 Å². The zero-order chi connectivity index (χ0) is 10.8. The Morgan fingerprint density at radius 1 is 1.53 bits per heavy atom. The molecule has 0 amide bonds. The summed E-state index contributed by atoms with van der Waals surface area (Å²) in [5.74, 6) is -0.259. The van der Waals surface area contributed by atoms with E-state index >= 15 is 0 Å². The van der Waals surface area contributed by atoms with Crippen LogP contribution in [-0.2, 0) is 22.6 Å². The third-order valence-corrected chi connectivity index (χ3v) is 2.48. The Hall–Kier alpha value is -1.26. The van der Waals surface area contributed by atoms with Crippen LogP contribution in [0.3, 0.4) is 0 Å². The number of carbonyl (C=O) groups is 1. The third-order valence-electron chi connectivity index (χ3n) is 2.13. The Kier molecular flexibility index (Phi) is 2.79. The van der Waals surface area contributed by atoms with Crippen molar-refractivity contribution in [3.63, 3.8) is 0 Å². The highest BCUT2D eigenvalue weighted by Crippen LogP contribution is 2.30. The number of rotatable bonds is 2. The lowest BCUT2D eigenvalue weighted by atomic mass is 10.1. The van der Waals surface area contributed by atoms with E-state index in [0.717, 1.165) is 5.56 Å². The minimum Gasteiger partial charge on any atom is -0.481 e. The molecule has 0 saturated heterocycles. The number of carboxylic acid groups (broad SMARTS) is 1. The van der Waals surface area contributed by atoms with Crippen LogP contribution in [-0.4, -0.2) is 17.9 Å². The summed E-state index contributed by atoms with van der Waals surface area (Å²) >= 11 is 5.93. The van der Waals surface area contributed by atoms with Crippen molar-refractivity contribution >= 4 is 17.6 Å². The highest BCUT2D eigenvalue weighted by molar-refractivity contribution is 6.31. The Morgan fingerprint density at radius 2 is 2.33 bits per heavy atom. The fraction of sp³-hybridized carbons (Fsp3) is 0.300. The summed E-state index contributed by atoms with van der Waals surface area (Å²) in [7, 11) is 0. The molecule has 0 aromatic heterocycles. The van der Waals surface area contributed by atoms with Gasteiger partial charge in [0.15, 0.2) is 6.79 Å². The summed E-state index contributed by atoms with van der Waals surface area (Å²) in [6.07, 6.45) is -0.101. The molecule has 5 heteroatoms. The Balaban J connectivity index is 2.36. The molecule has 0 bridgehead atoms. The fourth-order valence-corrected chi connectivity index (χ4v) is 1.69. The molecular formula is C10H9ClO4. The van der Waals surface area contributed by atoms with Crippen molar-refractivity contribution in [3.8, 4) is 5.75 Å². The largest absolute Gasteiger partial charge is 0.481 e. The zero-order valence-corrected chi connectivity index (χ0v) is 8.58. The van der Waals surface area contributed by atoms with Crippen LogP contribution in [0.1, 0.15) is 11.1 Å². The first-order valence-electron chi connectivity index (χ1n) is 4.40. The van der Waals surface area contributed by atoms with Crippen LogP contribution < -0.4 is 4.74 Å². The van der Waals surface area contributed by atoms with Crippen LogP contribution in [0.15, 0.2) is 12.1 Å². The lowest BCUT2D eigenvalue weighted by Crippen LogP contribution is -2.12. The SMILES string of the molecule is O=C(O)Cc1cc2c(cc1Cl)COCO2. The number of carboxylic acids is 1. The number of halogens is 1. The summed E-state index contributed by atoms with van der Waals surface area (Å²) in [5, 5.41) is 9.11. The van der Waals surface area contributed by atoms with Gasteiger partial charge in [0.25, 0.3) is 0 Å². The number of hydrogen-bond acceptors (Lipinski definition) is 3. The van der Waals surface area contributed by atoms with Crippen molar-refractivity contribution in [3.05, 3.63) is 28.3 Å². The van der Waals surface area contributed by atoms with Crippen LogP contribution in [0.25, 0.3) is 0 Å². The average Bonchev–Trinajstić information content (AvgIpc) is 2.18. The molecule has 0 spiro atoms. The summed E-state index contributed by atoms with van der Waals surface area (Å²) in [4.78, 5) is 10.6. The first-order valence-corrected chi connectivity index (χ1v) is 4.78. The molecule has 80 valence electrons. The molecule has 0 saturated carbocycles. The Morgan fingerprint density at radius 3 is 3.07 bits per heavy atom. The Labute approximate surface area is 91.4 Å². The molecule has 2 rings (SSSR count). The standard InChI is InChI=1S/C10H9ClO4/c11-8-1-7-4-14-5-15-9(7)2-6(8)3-10(12)13/h1-2H,3-5H2,(H,12,13). The normalized spacial score (nSPS) is 14.2. The maximum Gasteiger partial charge on any atom is 0.307 e. The predicted molar refractivity (Wildman–Crippen MR) is 53.1 cm³/mol. The summed E-state index contributed by atoms with van der Waals surface area (Å²) in [5.41, 5.74) is 1.41. The van der Waals surface area contributed by atoms with Gasteiger partial charge in [-0.2, -0.15) is 0 Å². The second-order valence-electron chi connectivity index (χ2n) is 3.23. The molecule has 15 heavy (non-hydrogen) atoms. The van der Waals surface area contributed by atoms with Crippen LogP contribution in [0.5, 0.6) is 5.75 Å². The van der Waals surface area contributed by atoms with Crippen LogP contribution in [0.4, 0.5) is 0 Å². The molecule has 0 atom stereocenters. The predicted octanol–water partition coefficient (Wildman–Crippen LogP) is 1.83. The fourth-order valence-electron chi connectivity index (χ4n) is 1.44. The zero-order valence-electron chi connectivity index (χ0n) is 7.83. The minimum absolute atomic E-state index is 0.101. The van der Waals surface area contributed by atoms with Gasteiger partial charge in [-0.1, -0.05) is 11.6 Å². The molecule has 0 fully saturated rings. The molecule has 1 heterocycles. The van der Waals surface area contributed by atoms with Crippen molar-refractivity contribution in [2.24, 2.45) is 0 Å². The summed E-state index contributed by atoms with van der Waals surface area (Å²) < 4.78 is 10.3. The van der Waals surface area contributed by atoms with E-state index in [1.807, 2.05) is 0 Å². The van der Waals surface area contributed by atoms with Crippen LogP contribution in [0.2, 0.25) is 5.02 Å². The van der Waals surface area contributed by atoms with Gasteiger partial charge in [-0.05, 0) is 17.7 Å². The van der Waals surface area contributed by atoms with Crippen LogP contribution >= 0.6 is 11.6 Å². The van der Waals surface area contributed by atoms with E-state index in [1.165, 1.54) is 0 Å². The summed E-state index contributed by atoms with van der Waals surface area (Å²) in [6.45, 7) is 0.642. The van der Waals surface area contributed by atoms with Crippen molar-refractivity contribution in [2.45, 2.75) is 13.0 Å². The number of fused-ring (bicyclic) bond motifs is 1. The molecule has 1 aliphatic rings. The van der Waals surface area contributed by atoms with E-state index in [-0.39, 0.29) is 13.2 Å². The molecule has 0 unspecified atom stereocenters. The monoisotopic (exact) mass is 228 g/mol. The molecule has 4 nitrogen and oxygen atoms in total. The molecule has 0 aliphatic carbocycles. The first kappa shape index (κ1) is 10.3. The number of ether oxygens (including phenoxy) is 2. The topological polar surface area (TPSA) is 55.8 Å². The van der Waals surface area contributed by atoms with Crippen molar-refractivity contribution < 1.29 is 19.4 Å². The Bertz CT molecular complexity index is 403. The van der Waals surface area contributed by atoms with E-state index in [0.29, 0.717) is 22.9 Å². The van der Waals surface area contributed by atoms with Crippen LogP contribution in [0, 0.1) is 0 Å². The average molecular weight is 229 g/mol. The molecule has 1 N–H and O–H groups in total. The number of hydrogen-bond donors (Lipinski definition) is 1. The molecule has 1 aliphatic heterocycles. The maximum absolute atomic E-state index is 10.6. The van der Waals surface area contributed by atoms with Gasteiger partial charge in [-0.15, -0.1) is 0 Å². The molecular weight excluding hydrogens is 220 g/mol. The van der Waals surface area contributed by atoms with Gasteiger partial charge in [0, 0.05) is 10.6 Å². The van der Waals surface area contributed by atoms with Crippen molar-refractivity contribution in [1.82, 2.24) is 0 Å². The first-order chi connectivity index (χ1) is 7.16. The minimum atomic E-state index is -0.913. The maximum atomic E-state index is 10.6.